The predicted octanol–water partition coefficient (Wildman–Crippen LogP) is 3.31. The van der Waals surface area contributed by atoms with Crippen LogP contribution >= 0.6 is 12.4 Å². The Kier molecular flexibility index (Phi) is 8.06. The number of amidine groups is 1. The van der Waals surface area contributed by atoms with Crippen molar-refractivity contribution in [3.05, 3.63) is 59.2 Å². The number of sulfonamides is 1. The number of ether oxygens (including phenoxy) is 1. The number of nitrogens with zero attached hydrogens (tertiary/aromatic N) is 2. The van der Waals surface area contributed by atoms with E-state index in [0.29, 0.717) is 37.4 Å². The Bertz CT molecular complexity index is 1180. The monoisotopic (exact) mass is 518 g/mol. The van der Waals surface area contributed by atoms with Crippen LogP contribution in [0.3, 0.4) is 0 Å². The molecule has 0 atom stereocenters. The summed E-state index contributed by atoms with van der Waals surface area (Å²) in [4.78, 5) is 5.24. The summed E-state index contributed by atoms with van der Waals surface area (Å²) in [7, 11) is -1.83. The second kappa shape index (κ2) is 10.9. The van der Waals surface area contributed by atoms with Crippen molar-refractivity contribution in [2.24, 2.45) is 4.99 Å². The van der Waals surface area contributed by atoms with E-state index in [-0.39, 0.29) is 17.9 Å². The Hall–Kier alpha value is -2.13. The van der Waals surface area contributed by atoms with Gasteiger partial charge in [0.1, 0.15) is 11.6 Å². The molecule has 2 heterocycles. The van der Waals surface area contributed by atoms with Crippen LogP contribution in [-0.2, 0) is 29.4 Å². The molecule has 7 nitrogen and oxygen atoms in total. The predicted molar refractivity (Wildman–Crippen MR) is 141 cm³/mol. The molecular formula is C26H35ClN4O3S. The third-order valence-electron chi connectivity index (χ3n) is 7.43. The number of methoxy groups -OCH3 is 1. The zero-order valence-corrected chi connectivity index (χ0v) is 21.9. The first-order valence-electron chi connectivity index (χ1n) is 12.3. The van der Waals surface area contributed by atoms with Crippen LogP contribution in [0.5, 0.6) is 5.75 Å². The van der Waals surface area contributed by atoms with E-state index < -0.39 is 10.0 Å². The fourth-order valence-electron chi connectivity index (χ4n) is 5.43. The molecule has 0 bridgehead atoms. The second-order valence-corrected chi connectivity index (χ2v) is 11.4. The van der Waals surface area contributed by atoms with Crippen molar-refractivity contribution in [1.29, 1.82) is 0 Å². The number of benzene rings is 2. The number of halogens is 1. The molecule has 0 unspecified atom stereocenters. The molecule has 2 aromatic rings. The van der Waals surface area contributed by atoms with Crippen LogP contribution < -0.4 is 15.4 Å². The maximum atomic E-state index is 13.4. The Morgan fingerprint density at radius 3 is 2.63 bits per heavy atom. The van der Waals surface area contributed by atoms with E-state index in [1.54, 1.807) is 17.5 Å². The summed E-state index contributed by atoms with van der Waals surface area (Å²) in [5.74, 6) is 1.77. The highest BCUT2D eigenvalue weighted by Gasteiger charge is 2.43. The summed E-state index contributed by atoms with van der Waals surface area (Å²) in [6.45, 7) is 3.14. The molecule has 0 radical (unpaired) electrons. The van der Waals surface area contributed by atoms with Gasteiger partial charge in [0.15, 0.2) is 0 Å². The summed E-state index contributed by atoms with van der Waals surface area (Å²) in [5, 5.41) is 7.19. The SMILES string of the molecule is COc1cccc(CNC2=NCCNC23CCN(S(=O)(=O)c2ccc4c(c2)CCCC4)CC3)c1.Cl. The van der Waals surface area contributed by atoms with E-state index in [4.69, 9.17) is 9.73 Å². The largest absolute Gasteiger partial charge is 0.497 e. The maximum Gasteiger partial charge on any atom is 0.243 e. The summed E-state index contributed by atoms with van der Waals surface area (Å²) in [6, 6.07) is 13.7. The standard InChI is InChI=1S/C26H34N4O3S.ClH/c1-33-23-8-4-5-20(17-23)19-28-25-26(29-14-13-27-25)11-15-30(16-12-26)34(31,32)24-10-9-21-6-2-3-7-22(21)18-24;/h4-5,8-10,17-18,29H,2-3,6-7,11-16,19H2,1H3,(H,27,28);1H. The van der Waals surface area contributed by atoms with E-state index in [0.717, 1.165) is 49.5 Å². The normalized spacial score (nSPS) is 19.9. The second-order valence-electron chi connectivity index (χ2n) is 9.49. The number of rotatable bonds is 5. The number of hydrogen-bond acceptors (Lipinski definition) is 6. The third kappa shape index (κ3) is 5.35. The average Bonchev–Trinajstić information content (AvgIpc) is 2.88. The van der Waals surface area contributed by atoms with Gasteiger partial charge in [0.05, 0.1) is 24.1 Å². The number of fused-ring (bicyclic) bond motifs is 1. The number of hydrogen-bond donors (Lipinski definition) is 2. The number of aliphatic imine (C=N–C) groups is 1. The molecule has 0 aromatic heterocycles. The van der Waals surface area contributed by atoms with Crippen LogP contribution in [0.2, 0.25) is 0 Å². The van der Waals surface area contributed by atoms with Gasteiger partial charge in [-0.05, 0) is 79.5 Å². The molecular weight excluding hydrogens is 484 g/mol. The minimum Gasteiger partial charge on any atom is -0.497 e. The molecule has 35 heavy (non-hydrogen) atoms. The van der Waals surface area contributed by atoms with Gasteiger partial charge in [-0.15, -0.1) is 12.4 Å². The maximum absolute atomic E-state index is 13.4. The fourth-order valence-corrected chi connectivity index (χ4v) is 6.93. The van der Waals surface area contributed by atoms with Crippen LogP contribution in [0.4, 0.5) is 0 Å². The van der Waals surface area contributed by atoms with Gasteiger partial charge in [0.2, 0.25) is 10.0 Å². The van der Waals surface area contributed by atoms with E-state index in [2.05, 4.69) is 16.7 Å². The topological polar surface area (TPSA) is 83.0 Å². The first-order valence-corrected chi connectivity index (χ1v) is 13.7. The van der Waals surface area contributed by atoms with E-state index in [1.807, 2.05) is 30.3 Å². The molecule has 2 aromatic carbocycles. The number of nitrogens with one attached hydrogen (secondary N) is 2. The summed E-state index contributed by atoms with van der Waals surface area (Å²) >= 11 is 0. The molecule has 3 aliphatic rings. The van der Waals surface area contributed by atoms with Crippen molar-refractivity contribution in [2.75, 3.05) is 33.3 Å². The van der Waals surface area contributed by atoms with Gasteiger partial charge in [-0.25, -0.2) is 8.42 Å². The van der Waals surface area contributed by atoms with Crippen LogP contribution in [0.1, 0.15) is 42.4 Å². The highest BCUT2D eigenvalue weighted by molar-refractivity contribution is 7.89. The van der Waals surface area contributed by atoms with Gasteiger partial charge in [-0.1, -0.05) is 18.2 Å². The van der Waals surface area contributed by atoms with Gasteiger partial charge >= 0.3 is 0 Å². The average molecular weight is 519 g/mol. The molecule has 2 N–H and O–H groups in total. The zero-order chi connectivity index (χ0) is 23.6. The smallest absolute Gasteiger partial charge is 0.243 e. The van der Waals surface area contributed by atoms with Gasteiger partial charge in [0, 0.05) is 26.2 Å². The van der Waals surface area contributed by atoms with Gasteiger partial charge in [0.25, 0.3) is 0 Å². The lowest BCUT2D eigenvalue weighted by atomic mass is 9.85. The molecule has 0 amide bonds. The third-order valence-corrected chi connectivity index (χ3v) is 9.32. The fraction of sp³-hybridized carbons (Fsp3) is 0.500. The quantitative estimate of drug-likeness (QED) is 0.634. The van der Waals surface area contributed by atoms with Crippen molar-refractivity contribution in [2.45, 2.75) is 55.5 Å². The first-order chi connectivity index (χ1) is 16.5. The van der Waals surface area contributed by atoms with Crippen molar-refractivity contribution in [3.63, 3.8) is 0 Å². The number of piperidine rings is 1. The zero-order valence-electron chi connectivity index (χ0n) is 20.3. The van der Waals surface area contributed by atoms with Crippen LogP contribution in [-0.4, -0.2) is 57.4 Å². The summed E-state index contributed by atoms with van der Waals surface area (Å²) < 4.78 is 33.9. The highest BCUT2D eigenvalue weighted by atomic mass is 35.5. The van der Waals surface area contributed by atoms with E-state index in [1.165, 1.54) is 17.5 Å². The Labute approximate surface area is 214 Å². The van der Waals surface area contributed by atoms with E-state index in [9.17, 15) is 8.42 Å². The van der Waals surface area contributed by atoms with Crippen molar-refractivity contribution >= 4 is 28.3 Å². The first kappa shape index (κ1) is 25.9. The molecule has 1 fully saturated rings. The summed E-state index contributed by atoms with van der Waals surface area (Å²) in [5.41, 5.74) is 3.32. The Morgan fingerprint density at radius 2 is 1.86 bits per heavy atom. The molecule has 1 aliphatic carbocycles. The molecule has 5 rings (SSSR count). The van der Waals surface area contributed by atoms with Gasteiger partial charge in [-0.2, -0.15) is 4.31 Å². The molecule has 1 saturated heterocycles. The molecule has 2 aliphatic heterocycles. The van der Waals surface area contributed by atoms with Crippen molar-refractivity contribution in [3.8, 4) is 5.75 Å². The highest BCUT2D eigenvalue weighted by Crippen LogP contribution is 2.31. The Morgan fingerprint density at radius 1 is 1.09 bits per heavy atom. The molecule has 190 valence electrons. The molecule has 0 saturated carbocycles. The van der Waals surface area contributed by atoms with Crippen LogP contribution in [0, 0.1) is 0 Å². The number of aryl methyl sites for hydroxylation is 2. The lowest BCUT2D eigenvalue weighted by Crippen LogP contribution is -2.64. The Balaban J connectivity index is 0.00000289. The van der Waals surface area contributed by atoms with Gasteiger partial charge < -0.3 is 15.4 Å². The van der Waals surface area contributed by atoms with Gasteiger partial charge in [-0.3, -0.25) is 4.99 Å². The lowest BCUT2D eigenvalue weighted by Gasteiger charge is -2.44. The minimum absolute atomic E-state index is 0. The molecule has 1 spiro atoms. The molecule has 9 heteroatoms. The minimum atomic E-state index is -3.50. The van der Waals surface area contributed by atoms with E-state index >= 15 is 0 Å². The van der Waals surface area contributed by atoms with Crippen molar-refractivity contribution in [1.82, 2.24) is 14.9 Å². The van der Waals surface area contributed by atoms with Crippen molar-refractivity contribution < 1.29 is 13.2 Å². The summed E-state index contributed by atoms with van der Waals surface area (Å²) in [6.07, 6.45) is 5.75. The van der Waals surface area contributed by atoms with Crippen LogP contribution in [0.15, 0.2) is 52.4 Å². The van der Waals surface area contributed by atoms with Crippen LogP contribution in [0.25, 0.3) is 0 Å². The lowest BCUT2D eigenvalue weighted by molar-refractivity contribution is 0.241.